The van der Waals surface area contributed by atoms with Gasteiger partial charge < -0.3 is 10.2 Å². The van der Waals surface area contributed by atoms with Gasteiger partial charge in [0.05, 0.1) is 4.90 Å². The number of nitrogens with zero attached hydrogens (tertiary/aromatic N) is 2. The highest BCUT2D eigenvalue weighted by Crippen LogP contribution is 2.23. The van der Waals surface area contributed by atoms with Gasteiger partial charge in [-0.15, -0.1) is 0 Å². The van der Waals surface area contributed by atoms with Crippen LogP contribution in [0, 0.1) is 0 Å². The second-order valence-electron chi connectivity index (χ2n) is 9.27. The third-order valence-corrected chi connectivity index (χ3v) is 7.13. The third kappa shape index (κ3) is 6.77. The third-order valence-electron chi connectivity index (χ3n) is 5.65. The number of nitrogens with one attached hydrogen (secondary N) is 2. The molecule has 7 nitrogen and oxygen atoms in total. The lowest BCUT2D eigenvalue weighted by atomic mass is 9.87. The molecule has 1 aromatic carbocycles. The Kier molecular flexibility index (Phi) is 7.90. The van der Waals surface area contributed by atoms with Crippen molar-refractivity contribution in [1.29, 1.82) is 0 Å². The first-order valence-electron chi connectivity index (χ1n) is 11.2. The molecule has 3 rings (SSSR count). The van der Waals surface area contributed by atoms with Crippen molar-refractivity contribution in [2.45, 2.75) is 63.3 Å². The highest BCUT2D eigenvalue weighted by Gasteiger charge is 2.18. The van der Waals surface area contributed by atoms with E-state index in [1.807, 2.05) is 24.3 Å². The number of rotatable bonds is 8. The van der Waals surface area contributed by atoms with Gasteiger partial charge >= 0.3 is 0 Å². The summed E-state index contributed by atoms with van der Waals surface area (Å²) in [5.41, 5.74) is 1.94. The van der Waals surface area contributed by atoms with Crippen LogP contribution in [0.4, 0.5) is 5.82 Å². The number of carbonyl (C=O) groups is 1. The molecule has 0 atom stereocenters. The molecule has 0 bridgehead atoms. The first kappa shape index (κ1) is 24.2. The fraction of sp³-hybridized carbons (Fsp3) is 0.500. The van der Waals surface area contributed by atoms with E-state index in [1.165, 1.54) is 19.3 Å². The number of anilines is 1. The highest BCUT2D eigenvalue weighted by molar-refractivity contribution is 7.89. The van der Waals surface area contributed by atoms with Gasteiger partial charge in [-0.3, -0.25) is 4.79 Å². The lowest BCUT2D eigenvalue weighted by Gasteiger charge is -2.27. The molecule has 174 valence electrons. The minimum atomic E-state index is -3.65. The summed E-state index contributed by atoms with van der Waals surface area (Å²) in [5, 5.41) is 2.82. The molecule has 1 saturated heterocycles. The van der Waals surface area contributed by atoms with Crippen LogP contribution < -0.4 is 14.9 Å². The van der Waals surface area contributed by atoms with Gasteiger partial charge in [-0.25, -0.2) is 18.1 Å². The molecule has 0 saturated carbocycles. The fourth-order valence-corrected chi connectivity index (χ4v) is 4.67. The van der Waals surface area contributed by atoms with Crippen LogP contribution >= 0.6 is 0 Å². The standard InChI is InChI=1S/C24H34N4O3S/c1-24(2,3)20-8-10-21(11-9-20)32(30,31)27-14-13-23(29)26-18-19-7-12-22(25-17-19)28-15-5-4-6-16-28/h7-12,17,27H,4-6,13-16,18H2,1-3H3,(H,26,29). The minimum absolute atomic E-state index is 0.0430. The lowest BCUT2D eigenvalue weighted by Crippen LogP contribution is -2.31. The molecule has 1 fully saturated rings. The van der Waals surface area contributed by atoms with Crippen LogP contribution in [-0.2, 0) is 26.8 Å². The van der Waals surface area contributed by atoms with Gasteiger partial charge in [0.15, 0.2) is 0 Å². The van der Waals surface area contributed by atoms with Gasteiger partial charge in [-0.05, 0) is 54.0 Å². The van der Waals surface area contributed by atoms with E-state index in [0.29, 0.717) is 6.54 Å². The predicted molar refractivity (Wildman–Crippen MR) is 127 cm³/mol. The second-order valence-corrected chi connectivity index (χ2v) is 11.0. The van der Waals surface area contributed by atoms with Crippen LogP contribution in [0.15, 0.2) is 47.5 Å². The molecule has 0 radical (unpaired) electrons. The van der Waals surface area contributed by atoms with Gasteiger partial charge in [0.2, 0.25) is 15.9 Å². The maximum atomic E-state index is 12.5. The lowest BCUT2D eigenvalue weighted by molar-refractivity contribution is -0.121. The van der Waals surface area contributed by atoms with Crippen molar-refractivity contribution in [1.82, 2.24) is 15.0 Å². The Hall–Kier alpha value is -2.45. The van der Waals surface area contributed by atoms with Gasteiger partial charge in [0.25, 0.3) is 0 Å². The quantitative estimate of drug-likeness (QED) is 0.633. The summed E-state index contributed by atoms with van der Waals surface area (Å²) in [6.45, 7) is 8.72. The van der Waals surface area contributed by atoms with E-state index in [1.54, 1.807) is 18.3 Å². The molecule has 0 spiro atoms. The van der Waals surface area contributed by atoms with Crippen LogP contribution in [0.25, 0.3) is 0 Å². The van der Waals surface area contributed by atoms with Crippen LogP contribution in [0.2, 0.25) is 0 Å². The van der Waals surface area contributed by atoms with Gasteiger partial charge in [0, 0.05) is 38.8 Å². The number of benzene rings is 1. The number of pyridine rings is 1. The van der Waals surface area contributed by atoms with Crippen LogP contribution in [0.1, 0.15) is 57.6 Å². The fourth-order valence-electron chi connectivity index (χ4n) is 3.64. The molecule has 2 aromatic rings. The Morgan fingerprint density at radius 3 is 2.31 bits per heavy atom. The van der Waals surface area contributed by atoms with Crippen molar-refractivity contribution in [3.05, 3.63) is 53.7 Å². The zero-order chi connectivity index (χ0) is 23.2. The highest BCUT2D eigenvalue weighted by atomic mass is 32.2. The zero-order valence-electron chi connectivity index (χ0n) is 19.2. The van der Waals surface area contributed by atoms with Crippen molar-refractivity contribution in [2.75, 3.05) is 24.5 Å². The molecule has 1 aliphatic rings. The molecular weight excluding hydrogens is 424 g/mol. The van der Waals surface area contributed by atoms with Crippen molar-refractivity contribution >= 4 is 21.7 Å². The van der Waals surface area contributed by atoms with E-state index in [0.717, 1.165) is 30.0 Å². The summed E-state index contributed by atoms with van der Waals surface area (Å²) in [6, 6.07) is 10.8. The maximum absolute atomic E-state index is 12.5. The molecule has 8 heteroatoms. The molecule has 32 heavy (non-hydrogen) atoms. The Bertz CT molecular complexity index is 991. The summed E-state index contributed by atoms with van der Waals surface area (Å²) < 4.78 is 27.4. The van der Waals surface area contributed by atoms with Crippen molar-refractivity contribution < 1.29 is 13.2 Å². The van der Waals surface area contributed by atoms with Crippen LogP contribution in [0.5, 0.6) is 0 Å². The Labute approximate surface area is 191 Å². The largest absolute Gasteiger partial charge is 0.357 e. The molecule has 0 unspecified atom stereocenters. The number of piperidine rings is 1. The zero-order valence-corrected chi connectivity index (χ0v) is 20.0. The predicted octanol–water partition coefficient (Wildman–Crippen LogP) is 3.35. The number of amides is 1. The van der Waals surface area contributed by atoms with E-state index < -0.39 is 10.0 Å². The number of aromatic nitrogens is 1. The smallest absolute Gasteiger partial charge is 0.240 e. The first-order valence-corrected chi connectivity index (χ1v) is 12.7. The number of hydrogen-bond acceptors (Lipinski definition) is 5. The summed E-state index contributed by atoms with van der Waals surface area (Å²) in [7, 11) is -3.65. The summed E-state index contributed by atoms with van der Waals surface area (Å²) in [5.74, 6) is 0.764. The van der Waals surface area contributed by atoms with Crippen LogP contribution in [0.3, 0.4) is 0 Å². The Balaban J connectivity index is 1.42. The monoisotopic (exact) mass is 458 g/mol. The van der Waals surface area contributed by atoms with Crippen molar-refractivity contribution in [3.8, 4) is 0 Å². The molecule has 2 heterocycles. The van der Waals surface area contributed by atoms with Crippen molar-refractivity contribution in [3.63, 3.8) is 0 Å². The SMILES string of the molecule is CC(C)(C)c1ccc(S(=O)(=O)NCCC(=O)NCc2ccc(N3CCCCC3)nc2)cc1. The van der Waals surface area contributed by atoms with Gasteiger partial charge in [-0.2, -0.15) is 0 Å². The van der Waals surface area contributed by atoms with E-state index in [-0.39, 0.29) is 29.2 Å². The van der Waals surface area contributed by atoms with Gasteiger partial charge in [0.1, 0.15) is 5.82 Å². The molecule has 2 N–H and O–H groups in total. The Morgan fingerprint density at radius 2 is 1.72 bits per heavy atom. The Morgan fingerprint density at radius 1 is 1.03 bits per heavy atom. The van der Waals surface area contributed by atoms with E-state index >= 15 is 0 Å². The molecule has 1 aromatic heterocycles. The normalized spacial score (nSPS) is 14.9. The van der Waals surface area contributed by atoms with E-state index in [9.17, 15) is 13.2 Å². The average molecular weight is 459 g/mol. The number of carbonyl (C=O) groups excluding carboxylic acids is 1. The molecule has 1 aliphatic heterocycles. The van der Waals surface area contributed by atoms with Gasteiger partial charge in [-0.1, -0.05) is 39.0 Å². The summed E-state index contributed by atoms with van der Waals surface area (Å²) >= 11 is 0. The van der Waals surface area contributed by atoms with E-state index in [2.05, 4.69) is 40.7 Å². The maximum Gasteiger partial charge on any atom is 0.240 e. The van der Waals surface area contributed by atoms with Crippen molar-refractivity contribution in [2.24, 2.45) is 0 Å². The van der Waals surface area contributed by atoms with E-state index in [4.69, 9.17) is 0 Å². The average Bonchev–Trinajstić information content (AvgIpc) is 2.78. The molecule has 0 aliphatic carbocycles. The van der Waals surface area contributed by atoms with Crippen LogP contribution in [-0.4, -0.2) is 38.9 Å². The minimum Gasteiger partial charge on any atom is -0.357 e. The topological polar surface area (TPSA) is 91.4 Å². The molecule has 1 amide bonds. The summed E-state index contributed by atoms with van der Waals surface area (Å²) in [4.78, 5) is 19.1. The number of hydrogen-bond donors (Lipinski definition) is 2. The molecular formula is C24H34N4O3S. The first-order chi connectivity index (χ1) is 15.1. The second kappa shape index (κ2) is 10.4. The summed E-state index contributed by atoms with van der Waals surface area (Å²) in [6.07, 6.45) is 5.53. The number of sulfonamides is 1.